The molecule has 0 bridgehead atoms. The van der Waals surface area contributed by atoms with E-state index >= 15 is 0 Å². The molecule has 0 aromatic rings. The van der Waals surface area contributed by atoms with E-state index in [1.165, 1.54) is 32.1 Å². The molecule has 0 aromatic heterocycles. The minimum atomic E-state index is -0.633. The Morgan fingerprint density at radius 2 is 1.95 bits per heavy atom. The summed E-state index contributed by atoms with van der Waals surface area (Å²) < 4.78 is 6.18. The molecular formula is C17H29NO3. The van der Waals surface area contributed by atoms with Crippen LogP contribution in [0.4, 0.5) is 0 Å². The molecule has 1 spiro atoms. The number of piperidine rings is 1. The molecule has 2 heterocycles. The minimum absolute atomic E-state index is 0.109. The second kappa shape index (κ2) is 5.88. The van der Waals surface area contributed by atoms with Crippen molar-refractivity contribution < 1.29 is 14.6 Å². The maximum atomic E-state index is 11.5. The average molecular weight is 295 g/mol. The van der Waals surface area contributed by atoms with Gasteiger partial charge in [0.25, 0.3) is 0 Å². The lowest BCUT2D eigenvalue weighted by Gasteiger charge is -2.49. The predicted molar refractivity (Wildman–Crippen MR) is 81.3 cm³/mol. The van der Waals surface area contributed by atoms with Crippen molar-refractivity contribution in [3.63, 3.8) is 0 Å². The van der Waals surface area contributed by atoms with Gasteiger partial charge in [-0.1, -0.05) is 19.3 Å². The van der Waals surface area contributed by atoms with Gasteiger partial charge in [-0.05, 0) is 52.0 Å². The Morgan fingerprint density at radius 3 is 2.67 bits per heavy atom. The van der Waals surface area contributed by atoms with Crippen LogP contribution in [0.5, 0.6) is 0 Å². The third-order valence-corrected chi connectivity index (χ3v) is 5.99. The average Bonchev–Trinajstić information content (AvgIpc) is 2.48. The highest BCUT2D eigenvalue weighted by Gasteiger charge is 2.44. The minimum Gasteiger partial charge on any atom is -0.481 e. The van der Waals surface area contributed by atoms with E-state index in [0.29, 0.717) is 12.6 Å². The first-order chi connectivity index (χ1) is 10.0. The van der Waals surface area contributed by atoms with Crippen molar-refractivity contribution in [2.24, 2.45) is 5.41 Å². The van der Waals surface area contributed by atoms with Crippen LogP contribution in [0.3, 0.4) is 0 Å². The highest BCUT2D eigenvalue weighted by atomic mass is 16.5. The van der Waals surface area contributed by atoms with E-state index in [2.05, 4.69) is 4.90 Å². The lowest BCUT2D eigenvalue weighted by molar-refractivity contribution is -0.155. The molecule has 2 atom stereocenters. The molecule has 3 rings (SSSR count). The molecule has 1 saturated carbocycles. The van der Waals surface area contributed by atoms with Crippen molar-refractivity contribution in [3.05, 3.63) is 0 Å². The molecule has 1 N–H and O–H groups in total. The van der Waals surface area contributed by atoms with Gasteiger partial charge in [-0.25, -0.2) is 0 Å². The van der Waals surface area contributed by atoms with Crippen molar-refractivity contribution in [1.29, 1.82) is 0 Å². The van der Waals surface area contributed by atoms with Gasteiger partial charge in [-0.3, -0.25) is 9.69 Å². The van der Waals surface area contributed by atoms with Crippen molar-refractivity contribution in [2.75, 3.05) is 19.7 Å². The Bertz CT molecular complexity index is 386. The van der Waals surface area contributed by atoms with Gasteiger partial charge in [-0.15, -0.1) is 0 Å². The number of likely N-dealkylation sites (tertiary alicyclic amines) is 1. The van der Waals surface area contributed by atoms with Gasteiger partial charge in [0.15, 0.2) is 0 Å². The molecule has 2 aliphatic heterocycles. The summed E-state index contributed by atoms with van der Waals surface area (Å²) in [5.74, 6) is -0.633. The molecule has 21 heavy (non-hydrogen) atoms. The Balaban J connectivity index is 1.67. The van der Waals surface area contributed by atoms with E-state index in [-0.39, 0.29) is 5.60 Å². The zero-order valence-corrected chi connectivity index (χ0v) is 13.3. The third kappa shape index (κ3) is 3.11. The van der Waals surface area contributed by atoms with Crippen LogP contribution >= 0.6 is 0 Å². The van der Waals surface area contributed by atoms with Crippen LogP contribution in [-0.2, 0) is 9.53 Å². The quantitative estimate of drug-likeness (QED) is 0.850. The van der Waals surface area contributed by atoms with E-state index in [1.54, 1.807) is 0 Å². The third-order valence-electron chi connectivity index (χ3n) is 5.99. The number of rotatable bonds is 2. The van der Waals surface area contributed by atoms with Crippen LogP contribution < -0.4 is 0 Å². The van der Waals surface area contributed by atoms with Crippen molar-refractivity contribution in [1.82, 2.24) is 4.90 Å². The summed E-state index contributed by atoms with van der Waals surface area (Å²) in [4.78, 5) is 14.0. The first-order valence-electron chi connectivity index (χ1n) is 8.65. The number of nitrogens with zero attached hydrogens (tertiary/aromatic N) is 1. The number of hydrogen-bond acceptors (Lipinski definition) is 3. The van der Waals surface area contributed by atoms with Crippen LogP contribution in [0, 0.1) is 5.41 Å². The lowest BCUT2D eigenvalue weighted by Crippen LogP contribution is -2.55. The summed E-state index contributed by atoms with van der Waals surface area (Å²) in [5.41, 5.74) is -0.450. The summed E-state index contributed by atoms with van der Waals surface area (Å²) >= 11 is 0. The molecule has 120 valence electrons. The lowest BCUT2D eigenvalue weighted by atomic mass is 9.76. The molecule has 4 nitrogen and oxygen atoms in total. The van der Waals surface area contributed by atoms with E-state index in [4.69, 9.17) is 4.74 Å². The van der Waals surface area contributed by atoms with E-state index < -0.39 is 11.4 Å². The summed E-state index contributed by atoms with van der Waals surface area (Å²) in [7, 11) is 0. The standard InChI is InChI=1S/C17H29NO3/c1-16(15(19)20)7-5-10-18(13-16)14-6-11-21-17(12-14)8-3-2-4-9-17/h14H,2-13H2,1H3,(H,19,20). The summed E-state index contributed by atoms with van der Waals surface area (Å²) in [6.45, 7) is 4.54. The molecule has 3 fully saturated rings. The van der Waals surface area contributed by atoms with Crippen LogP contribution in [-0.4, -0.2) is 47.3 Å². The Hall–Kier alpha value is -0.610. The van der Waals surface area contributed by atoms with E-state index in [1.807, 2.05) is 6.92 Å². The smallest absolute Gasteiger partial charge is 0.310 e. The molecular weight excluding hydrogens is 266 g/mol. The molecule has 0 radical (unpaired) electrons. The molecule has 1 aliphatic carbocycles. The van der Waals surface area contributed by atoms with E-state index in [0.717, 1.165) is 38.8 Å². The van der Waals surface area contributed by atoms with Crippen molar-refractivity contribution in [2.45, 2.75) is 76.4 Å². The number of carbonyl (C=O) groups is 1. The fourth-order valence-corrected chi connectivity index (χ4v) is 4.62. The summed E-state index contributed by atoms with van der Waals surface area (Å²) in [5, 5.41) is 9.50. The molecule has 2 saturated heterocycles. The summed E-state index contributed by atoms with van der Waals surface area (Å²) in [6, 6.07) is 0.524. The Morgan fingerprint density at radius 1 is 1.19 bits per heavy atom. The topological polar surface area (TPSA) is 49.8 Å². The second-order valence-corrected chi connectivity index (χ2v) is 7.68. The normalized spacial score (nSPS) is 37.5. The zero-order valence-electron chi connectivity index (χ0n) is 13.3. The van der Waals surface area contributed by atoms with Crippen LogP contribution in [0.15, 0.2) is 0 Å². The van der Waals surface area contributed by atoms with Crippen LogP contribution in [0.1, 0.15) is 64.7 Å². The van der Waals surface area contributed by atoms with Gasteiger partial charge >= 0.3 is 5.97 Å². The molecule has 3 aliphatic rings. The van der Waals surface area contributed by atoms with Gasteiger partial charge in [0.05, 0.1) is 11.0 Å². The zero-order chi connectivity index (χ0) is 14.9. The van der Waals surface area contributed by atoms with E-state index in [9.17, 15) is 9.90 Å². The van der Waals surface area contributed by atoms with Gasteiger partial charge < -0.3 is 9.84 Å². The van der Waals surface area contributed by atoms with Gasteiger partial charge in [0.2, 0.25) is 0 Å². The maximum absolute atomic E-state index is 11.5. The molecule has 4 heteroatoms. The predicted octanol–water partition coefficient (Wildman–Crippen LogP) is 3.06. The first kappa shape index (κ1) is 15.3. The highest BCUT2D eigenvalue weighted by molar-refractivity contribution is 5.74. The van der Waals surface area contributed by atoms with Gasteiger partial charge in [0.1, 0.15) is 0 Å². The molecule has 0 amide bonds. The Kier molecular flexibility index (Phi) is 4.28. The number of ether oxygens (including phenoxy) is 1. The number of hydrogen-bond donors (Lipinski definition) is 1. The van der Waals surface area contributed by atoms with Gasteiger partial charge in [-0.2, -0.15) is 0 Å². The largest absolute Gasteiger partial charge is 0.481 e. The number of carboxylic acids is 1. The molecule has 2 unspecified atom stereocenters. The number of carboxylic acid groups (broad SMARTS) is 1. The van der Waals surface area contributed by atoms with Gasteiger partial charge in [0, 0.05) is 19.2 Å². The Labute approximate surface area is 127 Å². The fraction of sp³-hybridized carbons (Fsp3) is 0.941. The number of aliphatic carboxylic acids is 1. The van der Waals surface area contributed by atoms with Crippen LogP contribution in [0.2, 0.25) is 0 Å². The first-order valence-corrected chi connectivity index (χ1v) is 8.65. The van der Waals surface area contributed by atoms with Crippen molar-refractivity contribution in [3.8, 4) is 0 Å². The fourth-order valence-electron chi connectivity index (χ4n) is 4.62. The van der Waals surface area contributed by atoms with Crippen molar-refractivity contribution >= 4 is 5.97 Å². The summed E-state index contributed by atoms with van der Waals surface area (Å²) in [6.07, 6.45) is 10.3. The molecule has 0 aromatic carbocycles. The SMILES string of the molecule is CC1(C(=O)O)CCCN(C2CCOC3(CCCCC3)C2)C1. The second-order valence-electron chi connectivity index (χ2n) is 7.68. The maximum Gasteiger partial charge on any atom is 0.310 e. The monoisotopic (exact) mass is 295 g/mol. The van der Waals surface area contributed by atoms with Crippen LogP contribution in [0.25, 0.3) is 0 Å². The highest BCUT2D eigenvalue weighted by Crippen LogP contribution is 2.41.